The molecule has 2 rings (SSSR count). The maximum Gasteiger partial charge on any atom is 0.122 e. The molecule has 0 aromatic carbocycles. The van der Waals surface area contributed by atoms with E-state index in [0.29, 0.717) is 5.41 Å². The molecule has 1 saturated heterocycles. The van der Waals surface area contributed by atoms with Crippen LogP contribution in [0.1, 0.15) is 51.4 Å². The van der Waals surface area contributed by atoms with Gasteiger partial charge in [-0.1, -0.05) is 27.2 Å². The van der Waals surface area contributed by atoms with Crippen LogP contribution in [0.2, 0.25) is 0 Å². The van der Waals surface area contributed by atoms with Crippen molar-refractivity contribution in [3.05, 3.63) is 23.7 Å². The Bertz CT molecular complexity index is 378. The highest BCUT2D eigenvalue weighted by molar-refractivity contribution is 5.17. The lowest BCUT2D eigenvalue weighted by Crippen LogP contribution is -2.38. The van der Waals surface area contributed by atoms with E-state index in [1.54, 1.807) is 0 Å². The second kappa shape index (κ2) is 6.58. The van der Waals surface area contributed by atoms with Crippen LogP contribution in [-0.2, 0) is 13.1 Å². The van der Waals surface area contributed by atoms with E-state index in [1.807, 2.05) is 6.26 Å². The normalized spacial score (nSPS) is 19.7. The van der Waals surface area contributed by atoms with Gasteiger partial charge >= 0.3 is 0 Å². The van der Waals surface area contributed by atoms with Gasteiger partial charge in [-0.15, -0.1) is 0 Å². The van der Waals surface area contributed by atoms with Crippen LogP contribution < -0.4 is 5.32 Å². The van der Waals surface area contributed by atoms with Crippen molar-refractivity contribution >= 4 is 0 Å². The largest absolute Gasteiger partial charge is 0.468 e. The first-order valence-corrected chi connectivity index (χ1v) is 7.65. The molecule has 0 aliphatic carbocycles. The standard InChI is InChI=1S/C16H28N2O/c1-4-16(3)7-9-18(10-8-16)13-14-6-11-19-15(14)12-17-5-2/h6,11,17H,4-5,7-10,12-13H2,1-3H3. The van der Waals surface area contributed by atoms with Crippen LogP contribution in [0, 0.1) is 5.41 Å². The van der Waals surface area contributed by atoms with E-state index in [1.165, 1.54) is 37.9 Å². The van der Waals surface area contributed by atoms with Crippen molar-refractivity contribution < 1.29 is 4.42 Å². The van der Waals surface area contributed by atoms with E-state index in [2.05, 4.69) is 37.1 Å². The maximum absolute atomic E-state index is 5.58. The Morgan fingerprint density at radius 3 is 2.68 bits per heavy atom. The molecule has 0 unspecified atom stereocenters. The molecule has 0 bridgehead atoms. The molecule has 0 atom stereocenters. The minimum Gasteiger partial charge on any atom is -0.468 e. The SMILES string of the molecule is CCNCc1occc1CN1CCC(C)(CC)CC1. The summed E-state index contributed by atoms with van der Waals surface area (Å²) in [6.45, 7) is 12.2. The van der Waals surface area contributed by atoms with Gasteiger partial charge in [0.2, 0.25) is 0 Å². The zero-order chi connectivity index (χ0) is 13.7. The molecular formula is C16H28N2O. The molecule has 0 radical (unpaired) electrons. The Balaban J connectivity index is 1.87. The summed E-state index contributed by atoms with van der Waals surface area (Å²) in [6.07, 6.45) is 5.77. The number of piperidine rings is 1. The summed E-state index contributed by atoms with van der Waals surface area (Å²) in [6, 6.07) is 2.13. The van der Waals surface area contributed by atoms with Crippen molar-refractivity contribution in [3.8, 4) is 0 Å². The highest BCUT2D eigenvalue weighted by Crippen LogP contribution is 2.34. The van der Waals surface area contributed by atoms with Gasteiger partial charge in [0, 0.05) is 12.1 Å². The number of likely N-dealkylation sites (tertiary alicyclic amines) is 1. The van der Waals surface area contributed by atoms with Gasteiger partial charge in [0.1, 0.15) is 5.76 Å². The average molecular weight is 264 g/mol. The van der Waals surface area contributed by atoms with Gasteiger partial charge in [-0.3, -0.25) is 4.90 Å². The number of nitrogens with zero attached hydrogens (tertiary/aromatic N) is 1. The molecule has 1 aliphatic rings. The Morgan fingerprint density at radius 1 is 1.32 bits per heavy atom. The van der Waals surface area contributed by atoms with Crippen molar-refractivity contribution in [1.82, 2.24) is 10.2 Å². The van der Waals surface area contributed by atoms with E-state index >= 15 is 0 Å². The summed E-state index contributed by atoms with van der Waals surface area (Å²) in [5.41, 5.74) is 1.92. The highest BCUT2D eigenvalue weighted by Gasteiger charge is 2.28. The minimum absolute atomic E-state index is 0.569. The van der Waals surface area contributed by atoms with Crippen LogP contribution >= 0.6 is 0 Å². The molecule has 2 heterocycles. The smallest absolute Gasteiger partial charge is 0.122 e. The molecule has 1 aromatic heterocycles. The molecule has 0 amide bonds. The van der Waals surface area contributed by atoms with E-state index in [0.717, 1.165) is 25.4 Å². The predicted molar refractivity (Wildman–Crippen MR) is 79.0 cm³/mol. The van der Waals surface area contributed by atoms with E-state index < -0.39 is 0 Å². The zero-order valence-electron chi connectivity index (χ0n) is 12.7. The first kappa shape index (κ1) is 14.6. The topological polar surface area (TPSA) is 28.4 Å². The summed E-state index contributed by atoms with van der Waals surface area (Å²) in [4.78, 5) is 2.57. The van der Waals surface area contributed by atoms with Crippen molar-refractivity contribution in [1.29, 1.82) is 0 Å². The minimum atomic E-state index is 0.569. The summed E-state index contributed by atoms with van der Waals surface area (Å²) >= 11 is 0. The van der Waals surface area contributed by atoms with Gasteiger partial charge in [0.05, 0.1) is 12.8 Å². The van der Waals surface area contributed by atoms with E-state index in [4.69, 9.17) is 4.42 Å². The zero-order valence-corrected chi connectivity index (χ0v) is 12.7. The summed E-state index contributed by atoms with van der Waals surface area (Å²) in [5.74, 6) is 1.10. The van der Waals surface area contributed by atoms with Crippen LogP contribution in [0.3, 0.4) is 0 Å². The van der Waals surface area contributed by atoms with Gasteiger partial charge in [0.15, 0.2) is 0 Å². The monoisotopic (exact) mass is 264 g/mol. The van der Waals surface area contributed by atoms with Crippen molar-refractivity contribution in [2.75, 3.05) is 19.6 Å². The maximum atomic E-state index is 5.58. The molecule has 1 N–H and O–H groups in total. The first-order valence-electron chi connectivity index (χ1n) is 7.65. The number of hydrogen-bond acceptors (Lipinski definition) is 3. The quantitative estimate of drug-likeness (QED) is 0.853. The van der Waals surface area contributed by atoms with Crippen LogP contribution in [-0.4, -0.2) is 24.5 Å². The van der Waals surface area contributed by atoms with Crippen LogP contribution in [0.15, 0.2) is 16.7 Å². The number of rotatable bonds is 6. The third-order valence-electron chi connectivity index (χ3n) is 4.68. The fraction of sp³-hybridized carbons (Fsp3) is 0.750. The number of hydrogen-bond donors (Lipinski definition) is 1. The number of nitrogens with one attached hydrogen (secondary N) is 1. The third-order valence-corrected chi connectivity index (χ3v) is 4.68. The van der Waals surface area contributed by atoms with Gasteiger partial charge in [-0.25, -0.2) is 0 Å². The summed E-state index contributed by atoms with van der Waals surface area (Å²) in [7, 11) is 0. The van der Waals surface area contributed by atoms with Gasteiger partial charge < -0.3 is 9.73 Å². The Morgan fingerprint density at radius 2 is 2.05 bits per heavy atom. The van der Waals surface area contributed by atoms with Crippen LogP contribution in [0.4, 0.5) is 0 Å². The number of furan rings is 1. The van der Waals surface area contributed by atoms with Gasteiger partial charge in [-0.05, 0) is 44.0 Å². The van der Waals surface area contributed by atoms with Crippen LogP contribution in [0.25, 0.3) is 0 Å². The molecule has 1 aliphatic heterocycles. The molecule has 3 heteroatoms. The van der Waals surface area contributed by atoms with E-state index in [-0.39, 0.29) is 0 Å². The second-order valence-corrected chi connectivity index (χ2v) is 6.09. The highest BCUT2D eigenvalue weighted by atomic mass is 16.3. The molecule has 0 saturated carbocycles. The summed E-state index contributed by atoms with van der Waals surface area (Å²) < 4.78 is 5.58. The Hall–Kier alpha value is -0.800. The van der Waals surface area contributed by atoms with Crippen molar-refractivity contribution in [2.24, 2.45) is 5.41 Å². The fourth-order valence-corrected chi connectivity index (χ4v) is 2.75. The predicted octanol–water partition coefficient (Wildman–Crippen LogP) is 3.40. The van der Waals surface area contributed by atoms with Gasteiger partial charge in [-0.2, -0.15) is 0 Å². The van der Waals surface area contributed by atoms with Crippen molar-refractivity contribution in [2.45, 2.75) is 53.1 Å². The van der Waals surface area contributed by atoms with Crippen molar-refractivity contribution in [3.63, 3.8) is 0 Å². The summed E-state index contributed by atoms with van der Waals surface area (Å²) in [5, 5.41) is 3.34. The Labute approximate surface area is 117 Å². The first-order chi connectivity index (χ1) is 9.17. The average Bonchev–Trinajstić information content (AvgIpc) is 2.86. The molecular weight excluding hydrogens is 236 g/mol. The molecule has 1 aromatic rings. The molecule has 1 fully saturated rings. The van der Waals surface area contributed by atoms with Gasteiger partial charge in [0.25, 0.3) is 0 Å². The third kappa shape index (κ3) is 3.83. The molecule has 108 valence electrons. The Kier molecular flexibility index (Phi) is 5.06. The molecule has 0 spiro atoms. The lowest BCUT2D eigenvalue weighted by Gasteiger charge is -2.38. The fourth-order valence-electron chi connectivity index (χ4n) is 2.75. The lowest BCUT2D eigenvalue weighted by molar-refractivity contribution is 0.109. The van der Waals surface area contributed by atoms with E-state index in [9.17, 15) is 0 Å². The molecule has 3 nitrogen and oxygen atoms in total. The lowest BCUT2D eigenvalue weighted by atomic mass is 9.78. The molecule has 19 heavy (non-hydrogen) atoms. The second-order valence-electron chi connectivity index (χ2n) is 6.09. The van der Waals surface area contributed by atoms with Crippen LogP contribution in [0.5, 0.6) is 0 Å².